The first-order valence-corrected chi connectivity index (χ1v) is 11.6. The molecule has 0 aromatic heterocycles. The molecule has 146 valence electrons. The van der Waals surface area contributed by atoms with Crippen LogP contribution in [0.3, 0.4) is 0 Å². The maximum Gasteiger partial charge on any atom is 0.209 e. The molecule has 4 nitrogen and oxygen atoms in total. The Morgan fingerprint density at radius 3 is 2.61 bits per heavy atom. The summed E-state index contributed by atoms with van der Waals surface area (Å²) in [6.45, 7) is 2.88. The molecule has 0 fully saturated rings. The second-order valence-corrected chi connectivity index (χ2v) is 8.98. The molecule has 1 aromatic rings. The van der Waals surface area contributed by atoms with Crippen LogP contribution in [0.4, 0.5) is 0 Å². The molecule has 0 saturated carbocycles. The third-order valence-electron chi connectivity index (χ3n) is 4.71. The Labute approximate surface area is 191 Å². The number of ether oxygens (including phenoxy) is 1. The number of hydrogen-bond acceptors (Lipinski definition) is 4. The predicted molar refractivity (Wildman–Crippen MR) is 128 cm³/mol. The third kappa shape index (κ3) is 4.62. The molecule has 3 rings (SSSR count). The Bertz CT molecular complexity index is 1050. The summed E-state index contributed by atoms with van der Waals surface area (Å²) in [5.74, 6) is 1.18. The maximum absolute atomic E-state index is 12.3. The van der Waals surface area contributed by atoms with Gasteiger partial charge in [-0.1, -0.05) is 39.0 Å². The van der Waals surface area contributed by atoms with Crippen molar-refractivity contribution in [3.8, 4) is 23.1 Å². The van der Waals surface area contributed by atoms with E-state index >= 15 is 0 Å². The molecule has 1 aliphatic heterocycles. The van der Waals surface area contributed by atoms with Gasteiger partial charge in [0.1, 0.15) is 21.0 Å². The minimum Gasteiger partial charge on any atom is -0.493 e. The van der Waals surface area contributed by atoms with E-state index in [-0.39, 0.29) is 5.43 Å². The van der Waals surface area contributed by atoms with E-state index in [1.165, 1.54) is 32.1 Å². The van der Waals surface area contributed by atoms with E-state index in [0.717, 1.165) is 17.6 Å². The summed E-state index contributed by atoms with van der Waals surface area (Å²) in [6.07, 6.45) is 7.28. The monoisotopic (exact) mass is 601 g/mol. The van der Waals surface area contributed by atoms with E-state index in [9.17, 15) is 10.1 Å². The molecule has 0 radical (unpaired) electrons. The number of halogens is 2. The van der Waals surface area contributed by atoms with Gasteiger partial charge in [0.25, 0.3) is 0 Å². The molecule has 28 heavy (non-hydrogen) atoms. The average Bonchev–Trinajstić information content (AvgIpc) is 2.70. The van der Waals surface area contributed by atoms with Gasteiger partial charge in [0, 0.05) is 17.0 Å². The van der Waals surface area contributed by atoms with Crippen molar-refractivity contribution in [2.24, 2.45) is 0 Å². The van der Waals surface area contributed by atoms with Gasteiger partial charge in [-0.05, 0) is 69.8 Å². The molecule has 1 heterocycles. The smallest absolute Gasteiger partial charge is 0.209 e. The van der Waals surface area contributed by atoms with E-state index in [4.69, 9.17) is 9.15 Å². The van der Waals surface area contributed by atoms with Crippen LogP contribution in [0.25, 0.3) is 22.3 Å². The number of hydrogen-bond donors (Lipinski definition) is 0. The van der Waals surface area contributed by atoms with Crippen molar-refractivity contribution in [1.29, 1.82) is 5.26 Å². The zero-order valence-corrected chi connectivity index (χ0v) is 20.0. The molecule has 0 unspecified atom stereocenters. The lowest BCUT2D eigenvalue weighted by atomic mass is 10.0. The minimum atomic E-state index is -0.0730. The molecule has 0 amide bonds. The lowest BCUT2D eigenvalue weighted by Gasteiger charge is -2.13. The fourth-order valence-electron chi connectivity index (χ4n) is 3.20. The Kier molecular flexibility index (Phi) is 7.57. The molecule has 1 aromatic carbocycles. The van der Waals surface area contributed by atoms with E-state index < -0.39 is 0 Å². The van der Waals surface area contributed by atoms with Crippen LogP contribution >= 0.6 is 45.2 Å². The van der Waals surface area contributed by atoms with Crippen molar-refractivity contribution >= 4 is 56.2 Å². The summed E-state index contributed by atoms with van der Waals surface area (Å²) in [5, 5.41) is 10.4. The van der Waals surface area contributed by atoms with Crippen molar-refractivity contribution in [3.05, 3.63) is 47.2 Å². The number of unbranched alkanes of at least 4 members (excludes halogenated alkanes) is 5. The fourth-order valence-corrected chi connectivity index (χ4v) is 4.99. The highest BCUT2D eigenvalue weighted by molar-refractivity contribution is 14.1. The van der Waals surface area contributed by atoms with Crippen LogP contribution in [0.15, 0.2) is 33.5 Å². The van der Waals surface area contributed by atoms with Gasteiger partial charge in [-0.25, -0.2) is 0 Å². The van der Waals surface area contributed by atoms with Gasteiger partial charge in [-0.15, -0.1) is 0 Å². The van der Waals surface area contributed by atoms with E-state index in [2.05, 4.69) is 13.0 Å². The summed E-state index contributed by atoms with van der Waals surface area (Å²) in [5.41, 5.74) is 1.68. The third-order valence-corrected chi connectivity index (χ3v) is 6.49. The predicted octanol–water partition coefficient (Wildman–Crippen LogP) is 6.72. The molecular formula is C22H21I2NO3. The van der Waals surface area contributed by atoms with Crippen molar-refractivity contribution in [1.82, 2.24) is 0 Å². The van der Waals surface area contributed by atoms with Gasteiger partial charge in [0.05, 0.1) is 15.7 Å². The first-order valence-electron chi connectivity index (χ1n) is 9.48. The van der Waals surface area contributed by atoms with Crippen LogP contribution in [0, 0.1) is 18.5 Å². The van der Waals surface area contributed by atoms with Crippen molar-refractivity contribution in [2.75, 3.05) is 6.61 Å². The number of nitriles is 1. The van der Waals surface area contributed by atoms with Crippen LogP contribution in [-0.2, 0) is 0 Å². The second-order valence-electron chi connectivity index (χ2n) is 6.74. The van der Waals surface area contributed by atoms with Gasteiger partial charge in [0.2, 0.25) is 5.43 Å². The van der Waals surface area contributed by atoms with Gasteiger partial charge in [-0.3, -0.25) is 4.79 Å². The van der Waals surface area contributed by atoms with E-state index in [0.29, 0.717) is 36.2 Å². The van der Waals surface area contributed by atoms with Gasteiger partial charge in [-0.2, -0.15) is 5.26 Å². The Morgan fingerprint density at radius 1 is 1.11 bits per heavy atom. The van der Waals surface area contributed by atoms with Gasteiger partial charge in [0.15, 0.2) is 5.76 Å². The van der Waals surface area contributed by atoms with E-state index in [1.54, 1.807) is 6.07 Å². The molecule has 2 aliphatic rings. The average molecular weight is 601 g/mol. The topological polar surface area (TPSA) is 63.2 Å². The van der Waals surface area contributed by atoms with Crippen LogP contribution in [0.5, 0.6) is 5.75 Å². The zero-order valence-electron chi connectivity index (χ0n) is 15.7. The van der Waals surface area contributed by atoms with Crippen LogP contribution < -0.4 is 10.2 Å². The maximum atomic E-state index is 12.3. The first-order chi connectivity index (χ1) is 13.6. The molecule has 0 N–H and O–H groups in total. The normalized spacial score (nSPS) is 11.1. The molecule has 0 atom stereocenters. The summed E-state index contributed by atoms with van der Waals surface area (Å²) in [6, 6.07) is 9.55. The minimum absolute atomic E-state index is 0.0730. The lowest BCUT2D eigenvalue weighted by Crippen LogP contribution is -2.12. The van der Waals surface area contributed by atoms with E-state index in [1.807, 2.05) is 63.4 Å². The Balaban J connectivity index is 1.86. The highest BCUT2D eigenvalue weighted by Gasteiger charge is 2.21. The quantitative estimate of drug-likeness (QED) is 0.164. The number of rotatable bonds is 8. The number of benzene rings is 2. The first kappa shape index (κ1) is 21.4. The highest BCUT2D eigenvalue weighted by atomic mass is 127. The van der Waals surface area contributed by atoms with Gasteiger partial charge < -0.3 is 9.15 Å². The SMILES string of the molecule is CCCCCCCCOc1ccc2c(C#N)c3cc(I)c(=O)c(I)c-3oc2c1. The molecular weight excluding hydrogens is 580 g/mol. The molecule has 0 spiro atoms. The van der Waals surface area contributed by atoms with Crippen molar-refractivity contribution in [2.45, 2.75) is 45.4 Å². The molecule has 6 heteroatoms. The summed E-state index contributed by atoms with van der Waals surface area (Å²) in [4.78, 5) is 12.3. The zero-order chi connectivity index (χ0) is 20.1. The van der Waals surface area contributed by atoms with Crippen LogP contribution in [-0.4, -0.2) is 6.61 Å². The summed E-state index contributed by atoms with van der Waals surface area (Å²) < 4.78 is 13.0. The Hall–Kier alpha value is -1.34. The van der Waals surface area contributed by atoms with Gasteiger partial charge >= 0.3 is 0 Å². The highest BCUT2D eigenvalue weighted by Crippen LogP contribution is 2.36. The molecule has 0 bridgehead atoms. The number of nitrogens with zero attached hydrogens (tertiary/aromatic N) is 1. The number of fused-ring (bicyclic) bond motifs is 2. The fraction of sp³-hybridized carbons (Fsp3) is 0.364. The molecule has 0 saturated heterocycles. The van der Waals surface area contributed by atoms with Crippen LogP contribution in [0.2, 0.25) is 0 Å². The van der Waals surface area contributed by atoms with Crippen molar-refractivity contribution in [3.63, 3.8) is 0 Å². The van der Waals surface area contributed by atoms with Crippen LogP contribution in [0.1, 0.15) is 51.0 Å². The lowest BCUT2D eigenvalue weighted by molar-refractivity contribution is 0.304. The molecule has 1 aliphatic carbocycles. The second kappa shape index (κ2) is 9.92. The Morgan fingerprint density at radius 2 is 1.86 bits per heavy atom. The van der Waals surface area contributed by atoms with Crippen molar-refractivity contribution < 1.29 is 9.15 Å². The standard InChI is InChI=1S/C22H21I2NO3/c1-2-3-4-5-6-7-10-27-14-8-9-15-17(13-25)16-12-18(23)21(26)20(24)22(16)28-19(15)11-14/h8-9,11-12H,2-7,10H2,1H3. The summed E-state index contributed by atoms with van der Waals surface area (Å²) in [7, 11) is 0. The largest absolute Gasteiger partial charge is 0.493 e. The summed E-state index contributed by atoms with van der Waals surface area (Å²) >= 11 is 3.99.